The molecule has 1 aliphatic heterocycles. The average Bonchev–Trinajstić information content (AvgIpc) is 2.63. The Bertz CT molecular complexity index is 410. The van der Waals surface area contributed by atoms with Gasteiger partial charge in [-0.05, 0) is 19.8 Å². The fraction of sp³-hybridized carbons (Fsp3) is 0.600. The predicted octanol–water partition coefficient (Wildman–Crippen LogP) is 1.38. The first kappa shape index (κ1) is 10.6. The van der Waals surface area contributed by atoms with Gasteiger partial charge >= 0.3 is 0 Å². The highest BCUT2D eigenvalue weighted by Gasteiger charge is 2.17. The van der Waals surface area contributed by atoms with Gasteiger partial charge in [-0.2, -0.15) is 0 Å². The zero-order valence-electron chi connectivity index (χ0n) is 8.57. The molecule has 0 aromatic carbocycles. The molecule has 1 aromatic heterocycles. The van der Waals surface area contributed by atoms with Crippen LogP contribution in [0.15, 0.2) is 10.9 Å². The predicted molar refractivity (Wildman–Crippen MR) is 57.2 cm³/mol. The van der Waals surface area contributed by atoms with Crippen LogP contribution in [-0.4, -0.2) is 22.3 Å². The van der Waals surface area contributed by atoms with Crippen molar-refractivity contribution in [2.75, 3.05) is 6.61 Å². The Balaban J connectivity index is 2.23. The SMILES string of the molecule is Cc1nc(Cl)cc(=O)n1CC1CCCO1. The maximum Gasteiger partial charge on any atom is 0.255 e. The molecule has 4 nitrogen and oxygen atoms in total. The number of ether oxygens (including phenoxy) is 1. The molecule has 0 aliphatic carbocycles. The Morgan fingerprint density at radius 1 is 1.73 bits per heavy atom. The minimum absolute atomic E-state index is 0.108. The van der Waals surface area contributed by atoms with Crippen molar-refractivity contribution < 1.29 is 4.74 Å². The maximum absolute atomic E-state index is 11.6. The summed E-state index contributed by atoms with van der Waals surface area (Å²) in [5.41, 5.74) is -0.108. The molecular formula is C10H13ClN2O2. The van der Waals surface area contributed by atoms with Gasteiger partial charge in [-0.25, -0.2) is 4.98 Å². The lowest BCUT2D eigenvalue weighted by atomic mass is 10.2. The van der Waals surface area contributed by atoms with E-state index in [2.05, 4.69) is 4.98 Å². The zero-order valence-corrected chi connectivity index (χ0v) is 9.33. The molecule has 2 heterocycles. The van der Waals surface area contributed by atoms with Gasteiger partial charge < -0.3 is 4.74 Å². The summed E-state index contributed by atoms with van der Waals surface area (Å²) in [4.78, 5) is 15.7. The summed E-state index contributed by atoms with van der Waals surface area (Å²) in [6, 6.07) is 1.34. The fourth-order valence-corrected chi connectivity index (χ4v) is 2.02. The van der Waals surface area contributed by atoms with Crippen LogP contribution in [0.4, 0.5) is 0 Å². The van der Waals surface area contributed by atoms with Crippen LogP contribution >= 0.6 is 11.6 Å². The third-order valence-corrected chi connectivity index (χ3v) is 2.77. The zero-order chi connectivity index (χ0) is 10.8. The van der Waals surface area contributed by atoms with Gasteiger partial charge in [-0.15, -0.1) is 0 Å². The average molecular weight is 229 g/mol. The topological polar surface area (TPSA) is 44.1 Å². The van der Waals surface area contributed by atoms with Crippen molar-refractivity contribution in [3.05, 3.63) is 27.4 Å². The molecule has 0 spiro atoms. The smallest absolute Gasteiger partial charge is 0.255 e. The first-order valence-corrected chi connectivity index (χ1v) is 5.40. The summed E-state index contributed by atoms with van der Waals surface area (Å²) < 4.78 is 7.09. The van der Waals surface area contributed by atoms with E-state index in [9.17, 15) is 4.79 Å². The van der Waals surface area contributed by atoms with E-state index in [1.54, 1.807) is 11.5 Å². The molecule has 1 unspecified atom stereocenters. The van der Waals surface area contributed by atoms with E-state index in [1.165, 1.54) is 6.07 Å². The Labute approximate surface area is 92.8 Å². The van der Waals surface area contributed by atoms with Crippen LogP contribution in [-0.2, 0) is 11.3 Å². The quantitative estimate of drug-likeness (QED) is 0.719. The number of hydrogen-bond acceptors (Lipinski definition) is 3. The van der Waals surface area contributed by atoms with Crippen LogP contribution in [0, 0.1) is 6.92 Å². The number of hydrogen-bond donors (Lipinski definition) is 0. The summed E-state index contributed by atoms with van der Waals surface area (Å²) in [7, 11) is 0. The second-order valence-electron chi connectivity index (χ2n) is 3.71. The van der Waals surface area contributed by atoms with Crippen LogP contribution in [0.5, 0.6) is 0 Å². The molecule has 0 saturated carbocycles. The van der Waals surface area contributed by atoms with Gasteiger partial charge in [0.15, 0.2) is 0 Å². The van der Waals surface area contributed by atoms with Crippen molar-refractivity contribution in [3.8, 4) is 0 Å². The molecule has 0 radical (unpaired) electrons. The van der Waals surface area contributed by atoms with Gasteiger partial charge in [0.2, 0.25) is 0 Å². The highest BCUT2D eigenvalue weighted by atomic mass is 35.5. The first-order chi connectivity index (χ1) is 7.16. The number of aryl methyl sites for hydroxylation is 1. The third kappa shape index (κ3) is 2.38. The summed E-state index contributed by atoms with van der Waals surface area (Å²) in [6.07, 6.45) is 2.22. The minimum Gasteiger partial charge on any atom is -0.376 e. The van der Waals surface area contributed by atoms with E-state index in [4.69, 9.17) is 16.3 Å². The maximum atomic E-state index is 11.6. The number of nitrogens with zero attached hydrogens (tertiary/aromatic N) is 2. The van der Waals surface area contributed by atoms with E-state index in [0.29, 0.717) is 12.4 Å². The van der Waals surface area contributed by atoms with Crippen molar-refractivity contribution >= 4 is 11.6 Å². The second kappa shape index (κ2) is 4.33. The fourth-order valence-electron chi connectivity index (χ4n) is 1.80. The van der Waals surface area contributed by atoms with Crippen LogP contribution in [0.3, 0.4) is 0 Å². The Morgan fingerprint density at radius 2 is 2.53 bits per heavy atom. The van der Waals surface area contributed by atoms with Crippen molar-refractivity contribution in [2.45, 2.75) is 32.4 Å². The Hall–Kier alpha value is -0.870. The summed E-state index contributed by atoms with van der Waals surface area (Å²) in [5, 5.41) is 0.251. The Kier molecular flexibility index (Phi) is 3.07. The molecule has 0 amide bonds. The molecule has 82 valence electrons. The lowest BCUT2D eigenvalue weighted by molar-refractivity contribution is 0.0953. The molecule has 15 heavy (non-hydrogen) atoms. The van der Waals surface area contributed by atoms with Crippen molar-refractivity contribution in [1.82, 2.24) is 9.55 Å². The van der Waals surface area contributed by atoms with Gasteiger partial charge in [0, 0.05) is 12.7 Å². The monoisotopic (exact) mass is 228 g/mol. The molecule has 1 saturated heterocycles. The van der Waals surface area contributed by atoms with Crippen LogP contribution in [0.2, 0.25) is 5.15 Å². The van der Waals surface area contributed by atoms with Gasteiger partial charge in [0.1, 0.15) is 11.0 Å². The molecule has 1 atom stereocenters. The number of rotatable bonds is 2. The highest BCUT2D eigenvalue weighted by Crippen LogP contribution is 2.14. The van der Waals surface area contributed by atoms with E-state index in [0.717, 1.165) is 19.4 Å². The molecule has 1 aliphatic rings. The van der Waals surface area contributed by atoms with Crippen LogP contribution in [0.25, 0.3) is 0 Å². The third-order valence-electron chi connectivity index (χ3n) is 2.58. The van der Waals surface area contributed by atoms with E-state index >= 15 is 0 Å². The van der Waals surface area contributed by atoms with Gasteiger partial charge in [-0.1, -0.05) is 11.6 Å². The van der Waals surface area contributed by atoms with Gasteiger partial charge in [0.05, 0.1) is 12.6 Å². The van der Waals surface area contributed by atoms with Crippen LogP contribution < -0.4 is 5.56 Å². The van der Waals surface area contributed by atoms with Gasteiger partial charge in [0.25, 0.3) is 5.56 Å². The van der Waals surface area contributed by atoms with Crippen molar-refractivity contribution in [3.63, 3.8) is 0 Å². The van der Waals surface area contributed by atoms with E-state index in [1.807, 2.05) is 0 Å². The Morgan fingerprint density at radius 3 is 3.13 bits per heavy atom. The lowest BCUT2D eigenvalue weighted by Gasteiger charge is -2.13. The summed E-state index contributed by atoms with van der Waals surface area (Å²) >= 11 is 5.68. The lowest BCUT2D eigenvalue weighted by Crippen LogP contribution is -2.28. The van der Waals surface area contributed by atoms with Gasteiger partial charge in [-0.3, -0.25) is 9.36 Å². The molecule has 1 aromatic rings. The number of halogens is 1. The standard InChI is InChI=1S/C10H13ClN2O2/c1-7-12-9(11)5-10(14)13(7)6-8-3-2-4-15-8/h5,8H,2-4,6H2,1H3. The summed E-state index contributed by atoms with van der Waals surface area (Å²) in [5.74, 6) is 0.642. The largest absolute Gasteiger partial charge is 0.376 e. The molecule has 0 N–H and O–H groups in total. The highest BCUT2D eigenvalue weighted by molar-refractivity contribution is 6.29. The van der Waals surface area contributed by atoms with Crippen molar-refractivity contribution in [1.29, 1.82) is 0 Å². The summed E-state index contributed by atoms with van der Waals surface area (Å²) in [6.45, 7) is 3.15. The van der Waals surface area contributed by atoms with E-state index < -0.39 is 0 Å². The molecule has 2 rings (SSSR count). The van der Waals surface area contributed by atoms with Crippen LogP contribution in [0.1, 0.15) is 18.7 Å². The second-order valence-corrected chi connectivity index (χ2v) is 4.10. The minimum atomic E-state index is -0.108. The van der Waals surface area contributed by atoms with Crippen molar-refractivity contribution in [2.24, 2.45) is 0 Å². The van der Waals surface area contributed by atoms with E-state index in [-0.39, 0.29) is 16.8 Å². The molecular weight excluding hydrogens is 216 g/mol. The normalized spacial score (nSPS) is 20.8. The molecule has 1 fully saturated rings. The number of aromatic nitrogens is 2. The molecule has 0 bridgehead atoms. The first-order valence-electron chi connectivity index (χ1n) is 5.02. The molecule has 5 heteroatoms.